The Morgan fingerprint density at radius 3 is 2.52 bits per heavy atom. The van der Waals surface area contributed by atoms with E-state index in [-0.39, 0.29) is 12.5 Å². The first-order valence-corrected chi connectivity index (χ1v) is 8.62. The lowest BCUT2D eigenvalue weighted by Gasteiger charge is -2.13. The summed E-state index contributed by atoms with van der Waals surface area (Å²) in [6.07, 6.45) is 0. The fourth-order valence-corrected chi connectivity index (χ4v) is 2.44. The summed E-state index contributed by atoms with van der Waals surface area (Å²) in [6.45, 7) is 4.76. The maximum Gasteiger partial charge on any atom is 0.273 e. The molecule has 144 valence electrons. The maximum atomic E-state index is 12.3. The molecule has 2 aromatic carbocycles. The summed E-state index contributed by atoms with van der Waals surface area (Å²) in [7, 11) is 1.57. The first-order valence-electron chi connectivity index (χ1n) is 8.62. The zero-order chi connectivity index (χ0) is 19.6. The van der Waals surface area contributed by atoms with Crippen LogP contribution in [0, 0.1) is 13.8 Å². The number of methoxy groups -OCH3 is 1. The van der Waals surface area contributed by atoms with Gasteiger partial charge in [0.2, 0.25) is 0 Å². The second-order valence-electron chi connectivity index (χ2n) is 6.01. The number of rotatable bonds is 8. The van der Waals surface area contributed by atoms with Gasteiger partial charge >= 0.3 is 0 Å². The van der Waals surface area contributed by atoms with E-state index in [2.05, 4.69) is 16.2 Å². The summed E-state index contributed by atoms with van der Waals surface area (Å²) < 4.78 is 10.5. The molecule has 0 aromatic heterocycles. The average molecular weight is 371 g/mol. The molecule has 0 radical (unpaired) electrons. The summed E-state index contributed by atoms with van der Waals surface area (Å²) in [4.78, 5) is 24.3. The quantitative estimate of drug-likeness (QED) is 0.489. The number of hydrogen-bond donors (Lipinski definition) is 3. The van der Waals surface area contributed by atoms with Gasteiger partial charge in [0, 0.05) is 12.8 Å². The first kappa shape index (κ1) is 20.3. The van der Waals surface area contributed by atoms with E-state index < -0.39 is 5.91 Å². The van der Waals surface area contributed by atoms with Crippen LogP contribution in [0.1, 0.15) is 21.5 Å². The number of hydrogen-bond acceptors (Lipinski definition) is 5. The molecule has 0 saturated carbocycles. The lowest BCUT2D eigenvalue weighted by molar-refractivity contribution is -0.120. The Labute approximate surface area is 159 Å². The Hall–Kier alpha value is -3.06. The molecule has 2 amide bonds. The van der Waals surface area contributed by atoms with Crippen molar-refractivity contribution in [1.29, 1.82) is 0 Å². The minimum Gasteiger partial charge on any atom is -0.490 e. The van der Waals surface area contributed by atoms with Gasteiger partial charge in [-0.25, -0.2) is 0 Å². The van der Waals surface area contributed by atoms with Crippen LogP contribution in [0.4, 0.5) is 5.69 Å². The summed E-state index contributed by atoms with van der Waals surface area (Å²) in [5.41, 5.74) is 8.20. The van der Waals surface area contributed by atoms with Crippen molar-refractivity contribution in [3.63, 3.8) is 0 Å². The van der Waals surface area contributed by atoms with Crippen molar-refractivity contribution in [2.45, 2.75) is 13.8 Å². The Kier molecular flexibility index (Phi) is 7.63. The molecule has 0 atom stereocenters. The van der Waals surface area contributed by atoms with Crippen LogP contribution in [0.2, 0.25) is 0 Å². The van der Waals surface area contributed by atoms with Crippen LogP contribution in [0.5, 0.6) is 5.75 Å². The molecule has 7 heteroatoms. The van der Waals surface area contributed by atoms with Crippen molar-refractivity contribution in [2.24, 2.45) is 0 Å². The molecule has 27 heavy (non-hydrogen) atoms. The number of nitrogens with one attached hydrogen (secondary N) is 3. The molecule has 2 aromatic rings. The van der Waals surface area contributed by atoms with E-state index in [4.69, 9.17) is 9.47 Å². The van der Waals surface area contributed by atoms with Gasteiger partial charge in [0.1, 0.15) is 12.4 Å². The van der Waals surface area contributed by atoms with E-state index in [0.717, 1.165) is 16.8 Å². The fraction of sp³-hybridized carbons (Fsp3) is 0.300. The zero-order valence-corrected chi connectivity index (χ0v) is 15.8. The molecule has 0 unspecified atom stereocenters. The van der Waals surface area contributed by atoms with Crippen LogP contribution in [0.15, 0.2) is 42.5 Å². The summed E-state index contributed by atoms with van der Waals surface area (Å²) in [5, 5.41) is 3.05. The lowest BCUT2D eigenvalue weighted by atomic mass is 10.1. The van der Waals surface area contributed by atoms with Gasteiger partial charge in [-0.1, -0.05) is 29.8 Å². The Balaban J connectivity index is 1.85. The van der Waals surface area contributed by atoms with Crippen molar-refractivity contribution < 1.29 is 19.1 Å². The normalized spacial score (nSPS) is 10.2. The summed E-state index contributed by atoms with van der Waals surface area (Å²) >= 11 is 0. The van der Waals surface area contributed by atoms with Gasteiger partial charge < -0.3 is 14.8 Å². The number of benzene rings is 2. The predicted octanol–water partition coefficient (Wildman–Crippen LogP) is 2.20. The van der Waals surface area contributed by atoms with Gasteiger partial charge in [-0.05, 0) is 37.6 Å². The number of carbonyl (C=O) groups excluding carboxylic acids is 2. The fourth-order valence-electron chi connectivity index (χ4n) is 2.44. The number of anilines is 1. The number of amides is 2. The Morgan fingerprint density at radius 2 is 1.78 bits per heavy atom. The van der Waals surface area contributed by atoms with Crippen molar-refractivity contribution in [3.05, 3.63) is 59.2 Å². The third-order valence-corrected chi connectivity index (χ3v) is 3.81. The van der Waals surface area contributed by atoms with Crippen molar-refractivity contribution in [1.82, 2.24) is 10.9 Å². The van der Waals surface area contributed by atoms with E-state index in [1.807, 2.05) is 32.0 Å². The first-order chi connectivity index (χ1) is 13.0. The third kappa shape index (κ3) is 6.31. The molecule has 0 aliphatic carbocycles. The largest absolute Gasteiger partial charge is 0.490 e. The zero-order valence-electron chi connectivity index (χ0n) is 15.8. The Morgan fingerprint density at radius 1 is 1.00 bits per heavy atom. The van der Waals surface area contributed by atoms with Crippen molar-refractivity contribution in [2.75, 3.05) is 32.2 Å². The van der Waals surface area contributed by atoms with E-state index in [1.54, 1.807) is 31.4 Å². The molecular weight excluding hydrogens is 346 g/mol. The smallest absolute Gasteiger partial charge is 0.273 e. The monoisotopic (exact) mass is 371 g/mol. The van der Waals surface area contributed by atoms with E-state index >= 15 is 0 Å². The molecule has 7 nitrogen and oxygen atoms in total. The molecule has 0 fully saturated rings. The predicted molar refractivity (Wildman–Crippen MR) is 104 cm³/mol. The lowest BCUT2D eigenvalue weighted by Crippen LogP contribution is -2.44. The molecule has 3 N–H and O–H groups in total. The highest BCUT2D eigenvalue weighted by atomic mass is 16.5. The molecule has 0 saturated heterocycles. The number of hydrazine groups is 1. The van der Waals surface area contributed by atoms with Crippen molar-refractivity contribution >= 4 is 17.5 Å². The Bertz CT molecular complexity index is 793. The second kappa shape index (κ2) is 10.2. The van der Waals surface area contributed by atoms with E-state index in [1.165, 1.54) is 0 Å². The summed E-state index contributed by atoms with van der Waals surface area (Å²) in [5.74, 6) is -0.390. The van der Waals surface area contributed by atoms with Gasteiger partial charge in [0.25, 0.3) is 11.8 Å². The van der Waals surface area contributed by atoms with Crippen LogP contribution in [0.25, 0.3) is 0 Å². The van der Waals surface area contributed by atoms with Crippen LogP contribution >= 0.6 is 0 Å². The second-order valence-corrected chi connectivity index (χ2v) is 6.01. The number of carbonyl (C=O) groups is 2. The highest BCUT2D eigenvalue weighted by Crippen LogP contribution is 2.17. The van der Waals surface area contributed by atoms with Gasteiger partial charge in [-0.15, -0.1) is 0 Å². The number of ether oxygens (including phenoxy) is 2. The van der Waals surface area contributed by atoms with Gasteiger partial charge in [0.05, 0.1) is 18.7 Å². The average Bonchev–Trinajstić information content (AvgIpc) is 2.66. The molecule has 2 rings (SSSR count). The topological polar surface area (TPSA) is 88.7 Å². The maximum absolute atomic E-state index is 12.3. The molecule has 0 spiro atoms. The number of para-hydroxylation sites is 1. The van der Waals surface area contributed by atoms with Gasteiger partial charge in [-0.2, -0.15) is 0 Å². The van der Waals surface area contributed by atoms with E-state index in [9.17, 15) is 9.59 Å². The van der Waals surface area contributed by atoms with Crippen molar-refractivity contribution in [3.8, 4) is 5.75 Å². The molecular formula is C20H25N3O4. The standard InChI is InChI=1S/C20H25N3O4/c1-14-8-9-17(15(2)12-14)21-13-19(24)22-23-20(25)16-6-4-5-7-18(16)27-11-10-26-3/h4-9,12,21H,10-11,13H2,1-3H3,(H,22,24)(H,23,25). The highest BCUT2D eigenvalue weighted by Gasteiger charge is 2.13. The highest BCUT2D eigenvalue weighted by molar-refractivity contribution is 5.98. The summed E-state index contributed by atoms with van der Waals surface area (Å²) in [6, 6.07) is 12.7. The molecule has 0 bridgehead atoms. The van der Waals surface area contributed by atoms with Gasteiger partial charge in [0.15, 0.2) is 0 Å². The molecule has 0 aliphatic heterocycles. The van der Waals surface area contributed by atoms with Crippen LogP contribution in [0.3, 0.4) is 0 Å². The minimum absolute atomic E-state index is 0.0379. The van der Waals surface area contributed by atoms with Gasteiger partial charge in [-0.3, -0.25) is 20.4 Å². The molecule has 0 aliphatic rings. The van der Waals surface area contributed by atoms with Crippen LogP contribution in [-0.4, -0.2) is 38.7 Å². The van der Waals surface area contributed by atoms with Crippen LogP contribution < -0.4 is 20.9 Å². The minimum atomic E-state index is -0.456. The number of aryl methyl sites for hydroxylation is 2. The SMILES string of the molecule is COCCOc1ccccc1C(=O)NNC(=O)CNc1ccc(C)cc1C. The van der Waals surface area contributed by atoms with Crippen LogP contribution in [-0.2, 0) is 9.53 Å². The molecule has 0 heterocycles. The van der Waals surface area contributed by atoms with E-state index in [0.29, 0.717) is 24.5 Å². The third-order valence-electron chi connectivity index (χ3n) is 3.81.